The lowest BCUT2D eigenvalue weighted by Crippen LogP contribution is -2.32. The molecule has 0 bridgehead atoms. The number of benzene rings is 2. The summed E-state index contributed by atoms with van der Waals surface area (Å²) in [7, 11) is 2.26. The summed E-state index contributed by atoms with van der Waals surface area (Å²) in [6.07, 6.45) is 5.56. The van der Waals surface area contributed by atoms with E-state index in [0.717, 1.165) is 25.8 Å². The molecule has 3 heteroatoms. The number of para-hydroxylation sites is 1. The van der Waals surface area contributed by atoms with Crippen molar-refractivity contribution in [2.24, 2.45) is 0 Å². The average molecular weight is 337 g/mol. The smallest absolute Gasteiger partial charge is 0.0501 e. The number of aromatic nitrogens is 1. The molecule has 24 heavy (non-hydrogen) atoms. The SMILES string of the molecule is CSc1ccc(CCC2c3[nH]c4ccccc4c3CCN2C)cc1. The van der Waals surface area contributed by atoms with Crippen molar-refractivity contribution in [3.63, 3.8) is 0 Å². The van der Waals surface area contributed by atoms with Gasteiger partial charge in [-0.2, -0.15) is 0 Å². The molecule has 1 aromatic heterocycles. The van der Waals surface area contributed by atoms with Crippen molar-refractivity contribution in [2.45, 2.75) is 30.2 Å². The number of hydrogen-bond acceptors (Lipinski definition) is 2. The molecular formula is C21H24N2S. The van der Waals surface area contributed by atoms with Crippen LogP contribution in [-0.2, 0) is 12.8 Å². The lowest BCUT2D eigenvalue weighted by Gasteiger charge is -2.33. The van der Waals surface area contributed by atoms with Crippen LogP contribution in [0.4, 0.5) is 0 Å². The zero-order valence-electron chi connectivity index (χ0n) is 14.4. The lowest BCUT2D eigenvalue weighted by molar-refractivity contribution is 0.216. The summed E-state index contributed by atoms with van der Waals surface area (Å²) < 4.78 is 0. The monoisotopic (exact) mass is 336 g/mol. The number of aromatic amines is 1. The first kappa shape index (κ1) is 15.8. The molecule has 0 radical (unpaired) electrons. The molecule has 0 saturated heterocycles. The molecule has 0 amide bonds. The molecule has 0 fully saturated rings. The average Bonchev–Trinajstić information content (AvgIpc) is 3.00. The highest BCUT2D eigenvalue weighted by molar-refractivity contribution is 7.98. The number of aryl methyl sites for hydroxylation is 1. The fourth-order valence-corrected chi connectivity index (χ4v) is 4.31. The Morgan fingerprint density at radius 1 is 1.12 bits per heavy atom. The van der Waals surface area contributed by atoms with Gasteiger partial charge in [-0.3, -0.25) is 4.90 Å². The maximum Gasteiger partial charge on any atom is 0.0501 e. The maximum atomic E-state index is 3.71. The Balaban J connectivity index is 1.58. The van der Waals surface area contributed by atoms with Crippen molar-refractivity contribution in [1.29, 1.82) is 0 Å². The van der Waals surface area contributed by atoms with E-state index in [1.165, 1.54) is 32.6 Å². The van der Waals surface area contributed by atoms with E-state index in [1.54, 1.807) is 11.8 Å². The molecule has 2 nitrogen and oxygen atoms in total. The number of nitrogens with one attached hydrogen (secondary N) is 1. The largest absolute Gasteiger partial charge is 0.357 e. The summed E-state index contributed by atoms with van der Waals surface area (Å²) in [5.74, 6) is 0. The first-order chi connectivity index (χ1) is 11.8. The first-order valence-electron chi connectivity index (χ1n) is 8.69. The van der Waals surface area contributed by atoms with Crippen molar-refractivity contribution in [1.82, 2.24) is 9.88 Å². The van der Waals surface area contributed by atoms with Crippen LogP contribution in [0, 0.1) is 0 Å². The van der Waals surface area contributed by atoms with E-state index >= 15 is 0 Å². The van der Waals surface area contributed by atoms with Gasteiger partial charge in [-0.1, -0.05) is 30.3 Å². The van der Waals surface area contributed by atoms with Crippen molar-refractivity contribution in [3.05, 3.63) is 65.4 Å². The van der Waals surface area contributed by atoms with Crippen molar-refractivity contribution in [2.75, 3.05) is 19.8 Å². The summed E-state index contributed by atoms with van der Waals surface area (Å²) in [5.41, 5.74) is 5.69. The molecule has 2 aromatic carbocycles. The van der Waals surface area contributed by atoms with Gasteiger partial charge < -0.3 is 4.98 Å². The highest BCUT2D eigenvalue weighted by atomic mass is 32.2. The standard InChI is InChI=1S/C21H24N2S/c1-23-14-13-18-17-5-3-4-6-19(17)22-21(18)20(23)12-9-15-7-10-16(24-2)11-8-15/h3-8,10-11,20,22H,9,12-14H2,1-2H3. The van der Waals surface area contributed by atoms with Gasteiger partial charge >= 0.3 is 0 Å². The second kappa shape index (κ2) is 6.66. The molecule has 124 valence electrons. The second-order valence-corrected chi connectivity index (χ2v) is 7.58. The predicted octanol–water partition coefficient (Wildman–Crippen LogP) is 5.05. The molecule has 1 N–H and O–H groups in total. The van der Waals surface area contributed by atoms with Gasteiger partial charge in [0, 0.05) is 28.0 Å². The zero-order chi connectivity index (χ0) is 16.5. The van der Waals surface area contributed by atoms with Crippen LogP contribution in [-0.4, -0.2) is 29.7 Å². The molecule has 0 saturated carbocycles. The van der Waals surface area contributed by atoms with Gasteiger partial charge in [-0.25, -0.2) is 0 Å². The first-order valence-corrected chi connectivity index (χ1v) is 9.91. The van der Waals surface area contributed by atoms with Gasteiger partial charge in [0.25, 0.3) is 0 Å². The quantitative estimate of drug-likeness (QED) is 0.672. The van der Waals surface area contributed by atoms with Crippen LogP contribution in [0.3, 0.4) is 0 Å². The molecule has 1 aliphatic heterocycles. The van der Waals surface area contributed by atoms with Gasteiger partial charge in [0.2, 0.25) is 0 Å². The Morgan fingerprint density at radius 2 is 1.92 bits per heavy atom. The molecule has 3 aromatic rings. The Morgan fingerprint density at radius 3 is 2.71 bits per heavy atom. The number of H-pyrrole nitrogens is 1. The minimum atomic E-state index is 0.487. The van der Waals surface area contributed by atoms with Crippen LogP contribution in [0.25, 0.3) is 10.9 Å². The van der Waals surface area contributed by atoms with Crippen LogP contribution in [0.5, 0.6) is 0 Å². The van der Waals surface area contributed by atoms with E-state index < -0.39 is 0 Å². The van der Waals surface area contributed by atoms with E-state index in [4.69, 9.17) is 0 Å². The van der Waals surface area contributed by atoms with Gasteiger partial charge in [0.1, 0.15) is 0 Å². The van der Waals surface area contributed by atoms with Gasteiger partial charge in [0.05, 0.1) is 6.04 Å². The van der Waals surface area contributed by atoms with Crippen molar-refractivity contribution < 1.29 is 0 Å². The number of fused-ring (bicyclic) bond motifs is 3. The third-order valence-corrected chi connectivity index (χ3v) is 6.04. The fraction of sp³-hybridized carbons (Fsp3) is 0.333. The molecule has 2 heterocycles. The third-order valence-electron chi connectivity index (χ3n) is 5.29. The van der Waals surface area contributed by atoms with Crippen molar-refractivity contribution >= 4 is 22.7 Å². The number of likely N-dealkylation sites (N-methyl/N-ethyl adjacent to an activating group) is 1. The van der Waals surface area contributed by atoms with Crippen LogP contribution < -0.4 is 0 Å². The predicted molar refractivity (Wildman–Crippen MR) is 104 cm³/mol. The Labute approximate surface area is 148 Å². The molecule has 4 rings (SSSR count). The van der Waals surface area contributed by atoms with Crippen LogP contribution in [0.2, 0.25) is 0 Å². The molecular weight excluding hydrogens is 312 g/mol. The van der Waals surface area contributed by atoms with Crippen molar-refractivity contribution in [3.8, 4) is 0 Å². The van der Waals surface area contributed by atoms with Crippen LogP contribution in [0.1, 0.15) is 29.3 Å². The highest BCUT2D eigenvalue weighted by Gasteiger charge is 2.27. The van der Waals surface area contributed by atoms with E-state index in [0.29, 0.717) is 6.04 Å². The Bertz CT molecular complexity index is 835. The van der Waals surface area contributed by atoms with Gasteiger partial charge in [-0.15, -0.1) is 11.8 Å². The maximum absolute atomic E-state index is 3.71. The minimum Gasteiger partial charge on any atom is -0.357 e. The normalized spacial score (nSPS) is 18.0. The van der Waals surface area contributed by atoms with E-state index in [-0.39, 0.29) is 0 Å². The number of thioether (sulfide) groups is 1. The summed E-state index contributed by atoms with van der Waals surface area (Å²) in [6.45, 7) is 1.14. The van der Waals surface area contributed by atoms with E-state index in [1.807, 2.05) is 0 Å². The summed E-state index contributed by atoms with van der Waals surface area (Å²) in [4.78, 5) is 7.55. The number of hydrogen-bond donors (Lipinski definition) is 1. The number of rotatable bonds is 4. The second-order valence-electron chi connectivity index (χ2n) is 6.70. The highest BCUT2D eigenvalue weighted by Crippen LogP contribution is 2.36. The fourth-order valence-electron chi connectivity index (χ4n) is 3.90. The van der Waals surface area contributed by atoms with E-state index in [2.05, 4.69) is 71.7 Å². The lowest BCUT2D eigenvalue weighted by atomic mass is 9.93. The zero-order valence-corrected chi connectivity index (χ0v) is 15.2. The number of nitrogens with zero attached hydrogens (tertiary/aromatic N) is 1. The topological polar surface area (TPSA) is 19.0 Å². The minimum absolute atomic E-state index is 0.487. The molecule has 1 atom stereocenters. The van der Waals surface area contributed by atoms with Gasteiger partial charge in [0.15, 0.2) is 0 Å². The Kier molecular flexibility index (Phi) is 4.38. The molecule has 0 spiro atoms. The molecule has 1 unspecified atom stereocenters. The van der Waals surface area contributed by atoms with Crippen LogP contribution in [0.15, 0.2) is 53.4 Å². The van der Waals surface area contributed by atoms with E-state index in [9.17, 15) is 0 Å². The van der Waals surface area contributed by atoms with Crippen LogP contribution >= 0.6 is 11.8 Å². The third kappa shape index (κ3) is 2.87. The summed E-state index contributed by atoms with van der Waals surface area (Å²) in [5, 5.41) is 1.41. The summed E-state index contributed by atoms with van der Waals surface area (Å²) in [6, 6.07) is 18.2. The Hall–Kier alpha value is -1.71. The summed E-state index contributed by atoms with van der Waals surface area (Å²) >= 11 is 1.80. The van der Waals surface area contributed by atoms with Gasteiger partial charge in [-0.05, 0) is 61.9 Å². The molecule has 1 aliphatic rings. The molecule has 0 aliphatic carbocycles.